The molecule has 2 atom stereocenters. The second-order valence-electron chi connectivity index (χ2n) is 6.07. The molecule has 1 heterocycles. The number of hydrogen-bond donors (Lipinski definition) is 1. The van der Waals surface area contributed by atoms with Crippen molar-refractivity contribution in [3.05, 3.63) is 71.3 Å². The average Bonchev–Trinajstić information content (AvgIpc) is 2.88. The smallest absolute Gasteiger partial charge is 0.255 e. The van der Waals surface area contributed by atoms with E-state index in [0.717, 1.165) is 36.0 Å². The van der Waals surface area contributed by atoms with E-state index in [1.54, 1.807) is 0 Å². The van der Waals surface area contributed by atoms with E-state index in [-0.39, 0.29) is 24.6 Å². The fraction of sp³-hybridized carbons (Fsp3) is 0.350. The molecule has 0 radical (unpaired) electrons. The topological polar surface area (TPSA) is 40.5 Å². The molecule has 0 aromatic heterocycles. The van der Waals surface area contributed by atoms with Gasteiger partial charge in [0.2, 0.25) is 0 Å². The molecule has 0 fully saturated rings. The predicted molar refractivity (Wildman–Crippen MR) is 91.1 cm³/mol. The molecule has 0 saturated heterocycles. The summed E-state index contributed by atoms with van der Waals surface area (Å²) in [6.45, 7) is 2.10. The van der Waals surface area contributed by atoms with E-state index in [1.165, 1.54) is 0 Å². The minimum absolute atomic E-state index is 0.0320. The van der Waals surface area contributed by atoms with Crippen molar-refractivity contribution in [3.8, 4) is 0 Å². The van der Waals surface area contributed by atoms with Crippen LogP contribution in [-0.2, 0) is 0 Å². The maximum absolute atomic E-state index is 13.0. The Balaban J connectivity index is 2.00. The summed E-state index contributed by atoms with van der Waals surface area (Å²) in [5, 5.41) is 9.99. The van der Waals surface area contributed by atoms with Crippen LogP contribution in [0.4, 0.5) is 0 Å². The molecular weight excluding hydrogens is 286 g/mol. The first-order valence-electron chi connectivity index (χ1n) is 8.35. The van der Waals surface area contributed by atoms with Gasteiger partial charge in [-0.1, -0.05) is 68.3 Å². The zero-order valence-corrected chi connectivity index (χ0v) is 13.5. The first-order chi connectivity index (χ1) is 11.3. The summed E-state index contributed by atoms with van der Waals surface area (Å²) in [6, 6.07) is 17.4. The Hall–Kier alpha value is -2.13. The van der Waals surface area contributed by atoms with Crippen LogP contribution in [0, 0.1) is 0 Å². The van der Waals surface area contributed by atoms with Gasteiger partial charge in [0, 0.05) is 5.56 Å². The molecule has 0 aliphatic carbocycles. The van der Waals surface area contributed by atoms with E-state index in [2.05, 4.69) is 6.92 Å². The lowest BCUT2D eigenvalue weighted by Gasteiger charge is -2.33. The number of benzene rings is 2. The van der Waals surface area contributed by atoms with Crippen molar-refractivity contribution in [2.24, 2.45) is 0 Å². The van der Waals surface area contributed by atoms with E-state index >= 15 is 0 Å². The Morgan fingerprint density at radius 3 is 2.48 bits per heavy atom. The van der Waals surface area contributed by atoms with Gasteiger partial charge in [-0.2, -0.15) is 0 Å². The van der Waals surface area contributed by atoms with E-state index in [9.17, 15) is 9.90 Å². The quantitative estimate of drug-likeness (QED) is 0.872. The highest BCUT2D eigenvalue weighted by Crippen LogP contribution is 2.42. The lowest BCUT2D eigenvalue weighted by atomic mass is 9.98. The van der Waals surface area contributed by atoms with Crippen LogP contribution in [-0.4, -0.2) is 22.5 Å². The monoisotopic (exact) mass is 309 g/mol. The van der Waals surface area contributed by atoms with Gasteiger partial charge >= 0.3 is 0 Å². The van der Waals surface area contributed by atoms with Crippen LogP contribution in [0.25, 0.3) is 0 Å². The molecule has 1 amide bonds. The van der Waals surface area contributed by atoms with E-state index in [4.69, 9.17) is 0 Å². The van der Waals surface area contributed by atoms with Crippen molar-refractivity contribution >= 4 is 5.91 Å². The second kappa shape index (κ2) is 6.97. The number of aliphatic hydroxyl groups excluding tert-OH is 1. The third-order valence-corrected chi connectivity index (χ3v) is 4.64. The summed E-state index contributed by atoms with van der Waals surface area (Å²) in [7, 11) is 0. The SMILES string of the molecule is CCCC[C@@H]1c2ccccc2C(=O)N1[C@@H](CO)c1ccccc1. The van der Waals surface area contributed by atoms with Gasteiger partial charge in [-0.25, -0.2) is 0 Å². The third-order valence-electron chi connectivity index (χ3n) is 4.64. The van der Waals surface area contributed by atoms with Crippen molar-refractivity contribution in [2.45, 2.75) is 38.3 Å². The lowest BCUT2D eigenvalue weighted by Crippen LogP contribution is -2.34. The molecule has 120 valence electrons. The van der Waals surface area contributed by atoms with Crippen molar-refractivity contribution < 1.29 is 9.90 Å². The Labute approximate surface area is 137 Å². The fourth-order valence-electron chi connectivity index (χ4n) is 3.49. The molecule has 3 rings (SSSR count). The summed E-state index contributed by atoms with van der Waals surface area (Å²) in [5.41, 5.74) is 2.86. The summed E-state index contributed by atoms with van der Waals surface area (Å²) < 4.78 is 0. The molecule has 1 aliphatic heterocycles. The maximum atomic E-state index is 13.0. The van der Waals surface area contributed by atoms with Gasteiger partial charge in [0.1, 0.15) is 0 Å². The van der Waals surface area contributed by atoms with Gasteiger partial charge in [-0.3, -0.25) is 4.79 Å². The minimum atomic E-state index is -0.294. The van der Waals surface area contributed by atoms with E-state index < -0.39 is 0 Å². The first kappa shape index (κ1) is 15.8. The van der Waals surface area contributed by atoms with Crippen LogP contribution in [0.15, 0.2) is 54.6 Å². The van der Waals surface area contributed by atoms with Gasteiger partial charge in [-0.05, 0) is 23.6 Å². The predicted octanol–water partition coefficient (Wildman–Crippen LogP) is 4.11. The number of carbonyl (C=O) groups excluding carboxylic acids is 1. The number of nitrogens with zero attached hydrogens (tertiary/aromatic N) is 1. The normalized spacial score (nSPS) is 18.1. The second-order valence-corrected chi connectivity index (χ2v) is 6.07. The molecule has 2 aromatic rings. The molecule has 0 spiro atoms. The Morgan fingerprint density at radius 2 is 1.78 bits per heavy atom. The van der Waals surface area contributed by atoms with Gasteiger partial charge in [0.05, 0.1) is 18.7 Å². The molecule has 1 aliphatic rings. The maximum Gasteiger partial charge on any atom is 0.255 e. The van der Waals surface area contributed by atoms with Crippen LogP contribution in [0.2, 0.25) is 0 Å². The summed E-state index contributed by atoms with van der Waals surface area (Å²) in [4.78, 5) is 14.8. The zero-order chi connectivity index (χ0) is 16.2. The number of amides is 1. The van der Waals surface area contributed by atoms with Crippen LogP contribution in [0.3, 0.4) is 0 Å². The van der Waals surface area contributed by atoms with Crippen molar-refractivity contribution in [1.29, 1.82) is 0 Å². The third kappa shape index (κ3) is 2.89. The van der Waals surface area contributed by atoms with Crippen LogP contribution in [0.5, 0.6) is 0 Å². The Bertz CT molecular complexity index is 668. The van der Waals surface area contributed by atoms with Gasteiger partial charge in [-0.15, -0.1) is 0 Å². The van der Waals surface area contributed by atoms with Gasteiger partial charge in [0.25, 0.3) is 5.91 Å². The lowest BCUT2D eigenvalue weighted by molar-refractivity contribution is 0.0502. The highest BCUT2D eigenvalue weighted by molar-refractivity contribution is 5.99. The van der Waals surface area contributed by atoms with Crippen LogP contribution < -0.4 is 0 Å². The molecular formula is C20H23NO2. The molecule has 1 N–H and O–H groups in total. The minimum Gasteiger partial charge on any atom is -0.394 e. The number of fused-ring (bicyclic) bond motifs is 1. The Kier molecular flexibility index (Phi) is 4.77. The van der Waals surface area contributed by atoms with Gasteiger partial charge < -0.3 is 10.0 Å². The average molecular weight is 309 g/mol. The number of carbonyl (C=O) groups is 1. The number of aliphatic hydroxyl groups is 1. The first-order valence-corrected chi connectivity index (χ1v) is 8.35. The molecule has 3 nitrogen and oxygen atoms in total. The number of rotatable bonds is 6. The molecule has 23 heavy (non-hydrogen) atoms. The number of unbranched alkanes of at least 4 members (excludes halogenated alkanes) is 1. The van der Waals surface area contributed by atoms with Crippen LogP contribution >= 0.6 is 0 Å². The molecule has 3 heteroatoms. The largest absolute Gasteiger partial charge is 0.394 e. The fourth-order valence-corrected chi connectivity index (χ4v) is 3.49. The highest BCUT2D eigenvalue weighted by atomic mass is 16.3. The van der Waals surface area contributed by atoms with E-state index in [1.807, 2.05) is 59.5 Å². The Morgan fingerprint density at radius 1 is 1.09 bits per heavy atom. The zero-order valence-electron chi connectivity index (χ0n) is 13.5. The van der Waals surface area contributed by atoms with Crippen molar-refractivity contribution in [1.82, 2.24) is 4.90 Å². The van der Waals surface area contributed by atoms with E-state index in [0.29, 0.717) is 0 Å². The molecule has 0 bridgehead atoms. The van der Waals surface area contributed by atoms with Crippen molar-refractivity contribution in [3.63, 3.8) is 0 Å². The highest BCUT2D eigenvalue weighted by Gasteiger charge is 2.40. The van der Waals surface area contributed by atoms with Crippen LogP contribution in [0.1, 0.15) is 59.8 Å². The molecule has 0 saturated carbocycles. The summed E-state index contributed by atoms with van der Waals surface area (Å²) in [5.74, 6) is 0.0320. The van der Waals surface area contributed by atoms with Gasteiger partial charge in [0.15, 0.2) is 0 Å². The number of hydrogen-bond acceptors (Lipinski definition) is 2. The van der Waals surface area contributed by atoms with Crippen molar-refractivity contribution in [2.75, 3.05) is 6.61 Å². The molecule has 2 aromatic carbocycles. The summed E-state index contributed by atoms with van der Waals surface area (Å²) in [6.07, 6.45) is 3.09. The summed E-state index contributed by atoms with van der Waals surface area (Å²) >= 11 is 0. The standard InChI is InChI=1S/C20H23NO2/c1-2-3-13-18-16-11-7-8-12-17(16)20(23)21(18)19(14-22)15-9-5-4-6-10-15/h4-12,18-19,22H,2-3,13-14H2,1H3/t18-,19+/m1/s1. The molecule has 0 unspecified atom stereocenters.